The molecule has 0 rings (SSSR count). The molecule has 0 atom stereocenters. The quantitative estimate of drug-likeness (QED) is 0.548. The van der Waals surface area contributed by atoms with Crippen molar-refractivity contribution in [3.63, 3.8) is 0 Å². The van der Waals surface area contributed by atoms with Crippen molar-refractivity contribution < 1.29 is 0 Å². The van der Waals surface area contributed by atoms with E-state index < -0.39 is 0 Å². The van der Waals surface area contributed by atoms with Crippen LogP contribution in [0.15, 0.2) is 10.2 Å². The van der Waals surface area contributed by atoms with E-state index in [4.69, 9.17) is 0 Å². The third-order valence-electron chi connectivity index (χ3n) is 0.650. The maximum Gasteiger partial charge on any atom is 0.0732 e. The Morgan fingerprint density at radius 3 is 0.833 bits per heavy atom. The Bertz CT molecular complexity index is 115. The summed E-state index contributed by atoms with van der Waals surface area (Å²) in [5, 5.41) is 8.31. The van der Waals surface area contributed by atoms with Gasteiger partial charge in [0.25, 0.3) is 0 Å². The standard InChI is InChI=1S/C8H18N2.2ClH/c1-7(2,3)9-10-8(4,5)6;;/h1-6H3;2*1H. The molecule has 0 aliphatic rings. The molecule has 0 unspecified atom stereocenters. The molecular weight excluding hydrogens is 195 g/mol. The average Bonchev–Trinajstić information content (AvgIpc) is 1.57. The number of hydrogen-bond acceptors (Lipinski definition) is 2. The smallest absolute Gasteiger partial charge is 0.0732 e. The Morgan fingerprint density at radius 2 is 0.750 bits per heavy atom. The normalized spacial score (nSPS) is 12.2. The molecule has 0 amide bonds. The van der Waals surface area contributed by atoms with Crippen molar-refractivity contribution in [2.24, 2.45) is 10.2 Å². The van der Waals surface area contributed by atoms with Crippen molar-refractivity contribution in [2.45, 2.75) is 52.6 Å². The molecule has 4 heteroatoms. The van der Waals surface area contributed by atoms with Crippen LogP contribution >= 0.6 is 24.8 Å². The minimum Gasteiger partial charge on any atom is -0.188 e. The summed E-state index contributed by atoms with van der Waals surface area (Å²) in [6.07, 6.45) is 0. The Hall–Kier alpha value is 0.180. The molecule has 0 aromatic carbocycles. The zero-order valence-corrected chi connectivity index (χ0v) is 10.3. The Morgan fingerprint density at radius 1 is 0.583 bits per heavy atom. The van der Waals surface area contributed by atoms with Crippen LogP contribution in [-0.4, -0.2) is 11.1 Å². The van der Waals surface area contributed by atoms with Crippen LogP contribution in [0.5, 0.6) is 0 Å². The number of hydrogen-bond donors (Lipinski definition) is 0. The number of rotatable bonds is 0. The van der Waals surface area contributed by atoms with E-state index in [0.29, 0.717) is 0 Å². The molecule has 0 saturated heterocycles. The zero-order valence-electron chi connectivity index (χ0n) is 8.71. The lowest BCUT2D eigenvalue weighted by Gasteiger charge is -2.15. The van der Waals surface area contributed by atoms with E-state index in [2.05, 4.69) is 10.2 Å². The van der Waals surface area contributed by atoms with Crippen molar-refractivity contribution in [3.8, 4) is 0 Å². The van der Waals surface area contributed by atoms with Gasteiger partial charge in [0.05, 0.1) is 11.1 Å². The average molecular weight is 215 g/mol. The van der Waals surface area contributed by atoms with Gasteiger partial charge < -0.3 is 0 Å². The van der Waals surface area contributed by atoms with E-state index in [9.17, 15) is 0 Å². The highest BCUT2D eigenvalue weighted by Gasteiger charge is 2.11. The van der Waals surface area contributed by atoms with E-state index in [0.717, 1.165) is 0 Å². The summed E-state index contributed by atoms with van der Waals surface area (Å²) in [7, 11) is 0. The molecule has 0 spiro atoms. The minimum absolute atomic E-state index is 0. The second-order valence-electron chi connectivity index (χ2n) is 4.54. The molecule has 76 valence electrons. The van der Waals surface area contributed by atoms with Gasteiger partial charge in [0.2, 0.25) is 0 Å². The van der Waals surface area contributed by atoms with Crippen molar-refractivity contribution in [2.75, 3.05) is 0 Å². The lowest BCUT2D eigenvalue weighted by atomic mass is 10.1. The Balaban J connectivity index is -0.000000405. The summed E-state index contributed by atoms with van der Waals surface area (Å²) in [5.41, 5.74) is -0.0689. The monoisotopic (exact) mass is 214 g/mol. The largest absolute Gasteiger partial charge is 0.188 e. The predicted octanol–water partition coefficient (Wildman–Crippen LogP) is 3.88. The third-order valence-corrected chi connectivity index (χ3v) is 0.650. The first-order valence-corrected chi connectivity index (χ1v) is 3.65. The molecule has 0 aliphatic carbocycles. The Labute approximate surface area is 88.0 Å². The van der Waals surface area contributed by atoms with Gasteiger partial charge in [-0.1, -0.05) is 0 Å². The van der Waals surface area contributed by atoms with Gasteiger partial charge in [0, 0.05) is 0 Å². The summed E-state index contributed by atoms with van der Waals surface area (Å²) in [6.45, 7) is 12.3. The molecule has 0 N–H and O–H groups in total. The molecule has 0 aromatic heterocycles. The van der Waals surface area contributed by atoms with Gasteiger partial charge in [-0.2, -0.15) is 10.2 Å². The predicted molar refractivity (Wildman–Crippen MR) is 58.9 cm³/mol. The zero-order chi connectivity index (χ0) is 8.41. The van der Waals surface area contributed by atoms with Crippen LogP contribution in [0.3, 0.4) is 0 Å². The molecule has 0 saturated carbocycles. The van der Waals surface area contributed by atoms with Crippen LogP contribution in [0.1, 0.15) is 41.5 Å². The van der Waals surface area contributed by atoms with Gasteiger partial charge >= 0.3 is 0 Å². The summed E-state index contributed by atoms with van der Waals surface area (Å²) in [5.74, 6) is 0. The first kappa shape index (κ1) is 18.1. The highest BCUT2D eigenvalue weighted by molar-refractivity contribution is 5.85. The molecular formula is C8H20Cl2N2. The van der Waals surface area contributed by atoms with Crippen LogP contribution in [0.25, 0.3) is 0 Å². The molecule has 0 fully saturated rings. The number of nitrogens with zero attached hydrogens (tertiary/aromatic N) is 2. The molecule has 0 heterocycles. The van der Waals surface area contributed by atoms with E-state index >= 15 is 0 Å². The fraction of sp³-hybridized carbons (Fsp3) is 1.00. The SMILES string of the molecule is CC(C)(C)N=NC(C)(C)C.Cl.Cl. The maximum absolute atomic E-state index is 4.15. The molecule has 2 nitrogen and oxygen atoms in total. The fourth-order valence-electron chi connectivity index (χ4n) is 0.300. The van der Waals surface area contributed by atoms with Crippen LogP contribution in [0, 0.1) is 0 Å². The second kappa shape index (κ2) is 5.76. The second-order valence-corrected chi connectivity index (χ2v) is 4.54. The lowest BCUT2D eigenvalue weighted by Crippen LogP contribution is -2.14. The van der Waals surface area contributed by atoms with Crippen molar-refractivity contribution in [3.05, 3.63) is 0 Å². The number of halogens is 2. The Kier molecular flexibility index (Phi) is 8.67. The van der Waals surface area contributed by atoms with Crippen LogP contribution in [0.2, 0.25) is 0 Å². The van der Waals surface area contributed by atoms with Gasteiger partial charge in [-0.05, 0) is 41.5 Å². The van der Waals surface area contributed by atoms with Gasteiger partial charge in [-0.15, -0.1) is 24.8 Å². The van der Waals surface area contributed by atoms with Gasteiger partial charge in [0.1, 0.15) is 0 Å². The lowest BCUT2D eigenvalue weighted by molar-refractivity contribution is 0.465. The minimum atomic E-state index is -0.0344. The van der Waals surface area contributed by atoms with E-state index in [1.54, 1.807) is 0 Å². The summed E-state index contributed by atoms with van der Waals surface area (Å²) >= 11 is 0. The van der Waals surface area contributed by atoms with Gasteiger partial charge in [0.15, 0.2) is 0 Å². The highest BCUT2D eigenvalue weighted by atomic mass is 35.5. The maximum atomic E-state index is 4.15. The first-order chi connectivity index (χ1) is 4.21. The molecule has 0 bridgehead atoms. The fourth-order valence-corrected chi connectivity index (χ4v) is 0.300. The first-order valence-electron chi connectivity index (χ1n) is 3.65. The summed E-state index contributed by atoms with van der Waals surface area (Å²) in [6, 6.07) is 0. The van der Waals surface area contributed by atoms with Crippen molar-refractivity contribution in [1.82, 2.24) is 0 Å². The van der Waals surface area contributed by atoms with E-state index in [1.165, 1.54) is 0 Å². The third kappa shape index (κ3) is 16.6. The molecule has 0 aromatic rings. The molecule has 0 aliphatic heterocycles. The summed E-state index contributed by atoms with van der Waals surface area (Å²) in [4.78, 5) is 0. The topological polar surface area (TPSA) is 24.7 Å². The molecule has 0 radical (unpaired) electrons. The number of azo groups is 1. The van der Waals surface area contributed by atoms with Crippen molar-refractivity contribution >= 4 is 24.8 Å². The van der Waals surface area contributed by atoms with Crippen LogP contribution in [0.4, 0.5) is 0 Å². The van der Waals surface area contributed by atoms with Crippen LogP contribution < -0.4 is 0 Å². The summed E-state index contributed by atoms with van der Waals surface area (Å²) < 4.78 is 0. The van der Waals surface area contributed by atoms with E-state index in [-0.39, 0.29) is 35.9 Å². The van der Waals surface area contributed by atoms with Crippen LogP contribution in [-0.2, 0) is 0 Å². The van der Waals surface area contributed by atoms with Gasteiger partial charge in [-0.25, -0.2) is 0 Å². The van der Waals surface area contributed by atoms with Gasteiger partial charge in [-0.3, -0.25) is 0 Å². The highest BCUT2D eigenvalue weighted by Crippen LogP contribution is 2.13. The van der Waals surface area contributed by atoms with E-state index in [1.807, 2.05) is 41.5 Å². The molecule has 12 heavy (non-hydrogen) atoms. The van der Waals surface area contributed by atoms with Crippen molar-refractivity contribution in [1.29, 1.82) is 0 Å².